The van der Waals surface area contributed by atoms with Gasteiger partial charge in [0.15, 0.2) is 11.2 Å². The number of ether oxygens (including phenoxy) is 4. The van der Waals surface area contributed by atoms with Crippen LogP contribution < -0.4 is 24.3 Å². The molecule has 5 unspecified atom stereocenters. The second kappa shape index (κ2) is 12.2. The van der Waals surface area contributed by atoms with Gasteiger partial charge in [0.2, 0.25) is 17.5 Å². The molecule has 11 heteroatoms. The lowest BCUT2D eigenvalue weighted by molar-refractivity contribution is -0.279. The Bertz CT molecular complexity index is 1690. The fourth-order valence-electron chi connectivity index (χ4n) is 7.79. The minimum absolute atomic E-state index is 0.0754. The van der Waals surface area contributed by atoms with E-state index in [4.69, 9.17) is 24.1 Å². The summed E-state index contributed by atoms with van der Waals surface area (Å²) >= 11 is 0. The lowest BCUT2D eigenvalue weighted by Crippen LogP contribution is -2.71. The average molecular weight is 645 g/mol. The van der Waals surface area contributed by atoms with Gasteiger partial charge in [0.1, 0.15) is 23.0 Å². The van der Waals surface area contributed by atoms with Crippen LogP contribution in [0.4, 0.5) is 0 Å². The van der Waals surface area contributed by atoms with Crippen LogP contribution in [0, 0.1) is 5.92 Å². The molecule has 11 nitrogen and oxygen atoms in total. The number of rotatable bonds is 12. The highest BCUT2D eigenvalue weighted by atomic mass is 16.5. The summed E-state index contributed by atoms with van der Waals surface area (Å²) < 4.78 is 23.8. The van der Waals surface area contributed by atoms with E-state index >= 15 is 0 Å². The summed E-state index contributed by atoms with van der Waals surface area (Å²) in [5.74, 6) is -1.25. The van der Waals surface area contributed by atoms with Gasteiger partial charge in [-0.25, -0.2) is 0 Å². The van der Waals surface area contributed by atoms with Gasteiger partial charge in [0.05, 0.1) is 39.4 Å². The normalized spacial score (nSPS) is 27.3. The standard InChI is InChI=1S/C36H40N2O9/c1-22(16-19-39)32(40)37-17-8-9-18-38-33(41)31-29(23-10-6-5-7-11-23)35(24-12-14-25(44-2)15-13-24)36(38,43)34(31,42)30-27(46-4)20-26(45-3)21-28(30)47-35/h5-7,10-16,20-21,29,31,39,42-43H,8-9,17-19H2,1-4H3,(H,37,40). The number of fused-ring (bicyclic) bond motifs is 1. The topological polar surface area (TPSA) is 147 Å². The Morgan fingerprint density at radius 3 is 2.30 bits per heavy atom. The Morgan fingerprint density at radius 1 is 0.957 bits per heavy atom. The Hall–Kier alpha value is -4.58. The number of amides is 2. The van der Waals surface area contributed by atoms with Crippen molar-refractivity contribution in [3.8, 4) is 23.0 Å². The first-order valence-corrected chi connectivity index (χ1v) is 15.6. The summed E-state index contributed by atoms with van der Waals surface area (Å²) in [6.45, 7) is 1.77. The molecule has 2 fully saturated rings. The highest BCUT2D eigenvalue weighted by Crippen LogP contribution is 2.76. The molecule has 5 atom stereocenters. The van der Waals surface area contributed by atoms with Gasteiger partial charge in [-0.1, -0.05) is 48.5 Å². The highest BCUT2D eigenvalue weighted by Gasteiger charge is 2.90. The van der Waals surface area contributed by atoms with Crippen LogP contribution in [0.3, 0.4) is 0 Å². The number of piperidine rings is 1. The lowest BCUT2D eigenvalue weighted by atomic mass is 9.70. The molecule has 3 aromatic rings. The Labute approximate surface area is 273 Å². The molecule has 4 bridgehead atoms. The first-order chi connectivity index (χ1) is 22.6. The number of likely N-dealkylation sites (tertiary alicyclic amines) is 1. The molecule has 0 spiro atoms. The molecular weight excluding hydrogens is 604 g/mol. The van der Waals surface area contributed by atoms with Crippen molar-refractivity contribution in [3.05, 3.63) is 95.1 Å². The van der Waals surface area contributed by atoms with Crippen LogP contribution >= 0.6 is 0 Å². The van der Waals surface area contributed by atoms with Crippen molar-refractivity contribution in [1.29, 1.82) is 0 Å². The summed E-state index contributed by atoms with van der Waals surface area (Å²) in [5.41, 5.74) is -4.32. The van der Waals surface area contributed by atoms with Gasteiger partial charge >= 0.3 is 0 Å². The number of hydrogen-bond acceptors (Lipinski definition) is 9. The van der Waals surface area contributed by atoms with E-state index in [1.807, 2.05) is 30.3 Å². The lowest BCUT2D eigenvalue weighted by Gasteiger charge is -2.56. The van der Waals surface area contributed by atoms with E-state index in [0.29, 0.717) is 47.6 Å². The summed E-state index contributed by atoms with van der Waals surface area (Å²) in [6, 6.07) is 19.7. The molecule has 1 saturated carbocycles. The van der Waals surface area contributed by atoms with Crippen LogP contribution in [-0.2, 0) is 20.8 Å². The molecular formula is C36H40N2O9. The van der Waals surface area contributed by atoms with Gasteiger partial charge in [-0.15, -0.1) is 0 Å². The molecule has 1 aliphatic carbocycles. The maximum Gasteiger partial charge on any atom is 0.246 e. The van der Waals surface area contributed by atoms with Crippen molar-refractivity contribution in [2.75, 3.05) is 41.0 Å². The van der Waals surface area contributed by atoms with Crippen LogP contribution in [0.15, 0.2) is 78.4 Å². The largest absolute Gasteiger partial charge is 0.497 e. The molecule has 0 aromatic heterocycles. The van der Waals surface area contributed by atoms with Gasteiger partial charge in [0, 0.05) is 42.3 Å². The number of hydrogen-bond donors (Lipinski definition) is 4. The maximum atomic E-state index is 14.6. The number of nitrogens with zero attached hydrogens (tertiary/aromatic N) is 1. The fraction of sp³-hybridized carbons (Fsp3) is 0.389. The van der Waals surface area contributed by atoms with Crippen LogP contribution in [0.2, 0.25) is 0 Å². The number of benzene rings is 3. The Morgan fingerprint density at radius 2 is 1.66 bits per heavy atom. The molecule has 47 heavy (non-hydrogen) atoms. The van der Waals surface area contributed by atoms with E-state index in [1.165, 1.54) is 25.2 Å². The summed E-state index contributed by atoms with van der Waals surface area (Å²) in [6.07, 6.45) is 2.31. The third kappa shape index (κ3) is 4.51. The first kappa shape index (κ1) is 32.4. The van der Waals surface area contributed by atoms with E-state index in [-0.39, 0.29) is 36.1 Å². The average Bonchev–Trinajstić information content (AvgIpc) is 3.31. The van der Waals surface area contributed by atoms with Crippen LogP contribution in [0.25, 0.3) is 0 Å². The molecule has 4 N–H and O–H groups in total. The van der Waals surface area contributed by atoms with Crippen molar-refractivity contribution < 1.29 is 43.9 Å². The Balaban J connectivity index is 1.50. The number of aliphatic hydroxyl groups is 3. The van der Waals surface area contributed by atoms with Gasteiger partial charge < -0.3 is 44.5 Å². The zero-order chi connectivity index (χ0) is 33.6. The zero-order valence-corrected chi connectivity index (χ0v) is 26.9. The first-order valence-electron chi connectivity index (χ1n) is 15.6. The van der Waals surface area contributed by atoms with Gasteiger partial charge in [-0.3, -0.25) is 9.59 Å². The van der Waals surface area contributed by atoms with Crippen LogP contribution in [0.1, 0.15) is 42.4 Å². The fourth-order valence-corrected chi connectivity index (χ4v) is 7.79. The second-order valence-electron chi connectivity index (χ2n) is 12.1. The SMILES string of the molecule is COc1ccc(C23Oc4cc(OC)cc(OC)c4C4(O)C(C(=O)N(CCCCNC(=O)C(C)=CCO)C42O)C3c2ccccc2)cc1. The number of aliphatic hydroxyl groups excluding tert-OH is 1. The van der Waals surface area contributed by atoms with Crippen molar-refractivity contribution in [2.45, 2.75) is 42.6 Å². The van der Waals surface area contributed by atoms with Gasteiger partial charge in [-0.05, 0) is 37.5 Å². The number of carbonyl (C=O) groups is 2. The van der Waals surface area contributed by atoms with Crippen molar-refractivity contribution >= 4 is 11.8 Å². The van der Waals surface area contributed by atoms with E-state index in [1.54, 1.807) is 50.4 Å². The highest BCUT2D eigenvalue weighted by molar-refractivity contribution is 5.93. The number of carbonyl (C=O) groups excluding carboxylic acids is 2. The van der Waals surface area contributed by atoms with E-state index in [9.17, 15) is 19.8 Å². The van der Waals surface area contributed by atoms with E-state index in [2.05, 4.69) is 5.32 Å². The molecule has 3 aliphatic rings. The second-order valence-corrected chi connectivity index (χ2v) is 12.1. The molecule has 248 valence electrons. The Kier molecular flexibility index (Phi) is 8.41. The smallest absolute Gasteiger partial charge is 0.246 e. The van der Waals surface area contributed by atoms with Crippen molar-refractivity contribution in [1.82, 2.24) is 10.2 Å². The van der Waals surface area contributed by atoms with Crippen molar-refractivity contribution in [2.24, 2.45) is 5.92 Å². The molecule has 2 aliphatic heterocycles. The predicted octanol–water partition coefficient (Wildman–Crippen LogP) is 2.97. The number of methoxy groups -OCH3 is 3. The third-order valence-corrected chi connectivity index (χ3v) is 9.87. The monoisotopic (exact) mass is 644 g/mol. The molecule has 3 aromatic carbocycles. The van der Waals surface area contributed by atoms with Crippen LogP contribution in [0.5, 0.6) is 23.0 Å². The minimum atomic E-state index is -2.30. The van der Waals surface area contributed by atoms with Crippen molar-refractivity contribution in [3.63, 3.8) is 0 Å². The summed E-state index contributed by atoms with van der Waals surface area (Å²) in [4.78, 5) is 28.2. The minimum Gasteiger partial charge on any atom is -0.497 e. The zero-order valence-electron chi connectivity index (χ0n) is 26.9. The van der Waals surface area contributed by atoms with E-state index in [0.717, 1.165) is 0 Å². The number of nitrogens with one attached hydrogen (secondary N) is 1. The molecule has 6 rings (SSSR count). The quantitative estimate of drug-likeness (QED) is 0.173. The van der Waals surface area contributed by atoms with Gasteiger partial charge in [0.25, 0.3) is 0 Å². The molecule has 2 heterocycles. The van der Waals surface area contributed by atoms with Gasteiger partial charge in [-0.2, -0.15) is 0 Å². The third-order valence-electron chi connectivity index (χ3n) is 9.87. The molecule has 2 amide bonds. The molecule has 0 radical (unpaired) electrons. The predicted molar refractivity (Wildman–Crippen MR) is 171 cm³/mol. The number of unbranched alkanes of at least 4 members (excludes halogenated alkanes) is 1. The van der Waals surface area contributed by atoms with E-state index < -0.39 is 34.7 Å². The molecule has 1 saturated heterocycles. The summed E-state index contributed by atoms with van der Waals surface area (Å²) in [7, 11) is 4.52. The summed E-state index contributed by atoms with van der Waals surface area (Å²) in [5, 5.41) is 38.4. The van der Waals surface area contributed by atoms with Crippen LogP contribution in [-0.4, -0.2) is 78.8 Å². The maximum absolute atomic E-state index is 14.6.